The molecule has 156 valence electrons. The van der Waals surface area contributed by atoms with E-state index >= 15 is 0 Å². The van der Waals surface area contributed by atoms with Gasteiger partial charge in [-0.15, -0.1) is 0 Å². The van der Waals surface area contributed by atoms with Crippen molar-refractivity contribution in [3.8, 4) is 0 Å². The van der Waals surface area contributed by atoms with Crippen molar-refractivity contribution in [2.75, 3.05) is 0 Å². The van der Waals surface area contributed by atoms with Gasteiger partial charge in [-0.3, -0.25) is 0 Å². The molecule has 0 amide bonds. The Hall–Kier alpha value is -2.19. The maximum Gasteiger partial charge on any atom is 0.0439 e. The van der Waals surface area contributed by atoms with Gasteiger partial charge in [0.25, 0.3) is 0 Å². The fourth-order valence-corrected chi connectivity index (χ4v) is 6.37. The van der Waals surface area contributed by atoms with Crippen LogP contribution in [0.1, 0.15) is 41.6 Å². The molecule has 1 atom stereocenters. The number of benzene rings is 3. The minimum Gasteiger partial charge on any atom is -0.0714 e. The Bertz CT molecular complexity index is 983. The average molecular weight is 457 g/mol. The Kier molecular flexibility index (Phi) is 10.2. The summed E-state index contributed by atoms with van der Waals surface area (Å²) in [5.74, 6) is 0. The summed E-state index contributed by atoms with van der Waals surface area (Å²) in [5, 5.41) is 0. The maximum atomic E-state index is 2.45. The first-order chi connectivity index (χ1) is 14.6. The SMILES string of the molecule is C(C=Cc1ccccc1)=Cc1ccccc1.CC1=C(C)C([SiH](C)C)c2ccccc21.[Ti]. The van der Waals surface area contributed by atoms with Gasteiger partial charge in [0.05, 0.1) is 0 Å². The first-order valence-corrected chi connectivity index (χ1v) is 13.8. The summed E-state index contributed by atoms with van der Waals surface area (Å²) in [6.07, 6.45) is 8.31. The maximum absolute atomic E-state index is 2.45. The van der Waals surface area contributed by atoms with Crippen LogP contribution in [0.2, 0.25) is 13.1 Å². The summed E-state index contributed by atoms with van der Waals surface area (Å²) in [5.41, 5.74) is 9.45. The molecule has 3 aromatic rings. The molecule has 4 rings (SSSR count). The van der Waals surface area contributed by atoms with Gasteiger partial charge in [-0.05, 0) is 47.2 Å². The Morgan fingerprint density at radius 3 is 1.58 bits per heavy atom. The van der Waals surface area contributed by atoms with Gasteiger partial charge in [-0.25, -0.2) is 0 Å². The summed E-state index contributed by atoms with van der Waals surface area (Å²) in [4.78, 5) is 0. The second-order valence-electron chi connectivity index (χ2n) is 8.16. The Labute approximate surface area is 204 Å². The van der Waals surface area contributed by atoms with Crippen LogP contribution in [-0.4, -0.2) is 8.80 Å². The number of allylic oxidation sites excluding steroid dienone is 4. The second-order valence-corrected chi connectivity index (χ2v) is 11.3. The second kappa shape index (κ2) is 12.6. The van der Waals surface area contributed by atoms with Crippen LogP contribution in [0.4, 0.5) is 0 Å². The van der Waals surface area contributed by atoms with Crippen LogP contribution in [0.5, 0.6) is 0 Å². The van der Waals surface area contributed by atoms with Gasteiger partial charge in [-0.2, -0.15) is 0 Å². The zero-order valence-electron chi connectivity index (χ0n) is 19.0. The molecule has 0 fully saturated rings. The van der Waals surface area contributed by atoms with Crippen LogP contribution in [-0.2, 0) is 21.7 Å². The molecule has 0 aliphatic heterocycles. The molecule has 0 bridgehead atoms. The molecule has 0 N–H and O–H groups in total. The van der Waals surface area contributed by atoms with Gasteiger partial charge in [0.15, 0.2) is 0 Å². The van der Waals surface area contributed by atoms with Crippen molar-refractivity contribution in [3.05, 3.63) is 125 Å². The summed E-state index contributed by atoms with van der Waals surface area (Å²) in [7, 11) is -0.614. The van der Waals surface area contributed by atoms with E-state index in [0.29, 0.717) is 0 Å². The molecular formula is C29H32SiTi. The molecular weight excluding hydrogens is 424 g/mol. The van der Waals surface area contributed by atoms with Gasteiger partial charge >= 0.3 is 0 Å². The first kappa shape index (κ1) is 25.1. The fourth-order valence-electron chi connectivity index (χ4n) is 4.11. The third-order valence-corrected chi connectivity index (χ3v) is 7.90. The summed E-state index contributed by atoms with van der Waals surface area (Å²) >= 11 is 0. The molecule has 1 aliphatic carbocycles. The van der Waals surface area contributed by atoms with E-state index in [4.69, 9.17) is 0 Å². The number of fused-ring (bicyclic) bond motifs is 1. The summed E-state index contributed by atoms with van der Waals surface area (Å²) in [6.45, 7) is 9.48. The Morgan fingerprint density at radius 2 is 1.10 bits per heavy atom. The molecule has 0 nitrogen and oxygen atoms in total. The van der Waals surface area contributed by atoms with Crippen molar-refractivity contribution < 1.29 is 21.7 Å². The van der Waals surface area contributed by atoms with Crippen LogP contribution in [0.25, 0.3) is 17.7 Å². The van der Waals surface area contributed by atoms with Crippen molar-refractivity contribution in [1.29, 1.82) is 0 Å². The molecule has 0 saturated heterocycles. The topological polar surface area (TPSA) is 0 Å². The monoisotopic (exact) mass is 456 g/mol. The molecule has 0 radical (unpaired) electrons. The zero-order valence-corrected chi connectivity index (χ0v) is 21.8. The smallest absolute Gasteiger partial charge is 0.0439 e. The zero-order chi connectivity index (χ0) is 21.3. The minimum absolute atomic E-state index is 0. The number of hydrogen-bond donors (Lipinski definition) is 0. The van der Waals surface area contributed by atoms with E-state index < -0.39 is 8.80 Å². The fraction of sp³-hybridized carbons (Fsp3) is 0.172. The van der Waals surface area contributed by atoms with Crippen molar-refractivity contribution in [1.82, 2.24) is 0 Å². The van der Waals surface area contributed by atoms with Crippen molar-refractivity contribution >= 4 is 26.5 Å². The van der Waals surface area contributed by atoms with E-state index in [1.165, 1.54) is 22.3 Å². The van der Waals surface area contributed by atoms with E-state index in [0.717, 1.165) is 5.54 Å². The van der Waals surface area contributed by atoms with Crippen LogP contribution in [0.3, 0.4) is 0 Å². The molecule has 0 heterocycles. The Morgan fingerprint density at radius 1 is 0.645 bits per heavy atom. The third-order valence-electron chi connectivity index (χ3n) is 5.71. The predicted molar refractivity (Wildman–Crippen MR) is 137 cm³/mol. The largest absolute Gasteiger partial charge is 0.0714 e. The van der Waals surface area contributed by atoms with Gasteiger partial charge < -0.3 is 0 Å². The normalized spacial score (nSPS) is 15.1. The first-order valence-electron chi connectivity index (χ1n) is 10.8. The van der Waals surface area contributed by atoms with E-state index in [1.54, 1.807) is 11.1 Å². The van der Waals surface area contributed by atoms with E-state index in [9.17, 15) is 0 Å². The van der Waals surface area contributed by atoms with E-state index in [2.05, 4.69) is 99.8 Å². The molecule has 0 saturated carbocycles. The summed E-state index contributed by atoms with van der Waals surface area (Å²) < 4.78 is 0. The number of hydrogen-bond acceptors (Lipinski definition) is 0. The van der Waals surface area contributed by atoms with E-state index in [-0.39, 0.29) is 21.7 Å². The molecule has 0 aromatic heterocycles. The van der Waals surface area contributed by atoms with Gasteiger partial charge in [0, 0.05) is 30.5 Å². The number of rotatable bonds is 4. The molecule has 3 aromatic carbocycles. The van der Waals surface area contributed by atoms with Crippen LogP contribution in [0.15, 0.2) is 103 Å². The van der Waals surface area contributed by atoms with Crippen LogP contribution >= 0.6 is 0 Å². The standard InChI is InChI=1S/C16H14.C13H18Si.Ti/c1-3-9-15(10-4-1)13-7-8-14-16-11-5-2-6-12-16;1-9-10(2)13(14(3)4)12-8-6-5-7-11(9)12;/h1-14H;5-8,13-14H,1-4H3;. The summed E-state index contributed by atoms with van der Waals surface area (Å²) in [6, 6.07) is 29.5. The quantitative estimate of drug-likeness (QED) is 0.275. The molecule has 31 heavy (non-hydrogen) atoms. The Balaban J connectivity index is 0.000000215. The molecule has 2 heteroatoms. The predicted octanol–water partition coefficient (Wildman–Crippen LogP) is 8.01. The van der Waals surface area contributed by atoms with Gasteiger partial charge in [0.1, 0.15) is 0 Å². The van der Waals surface area contributed by atoms with Crippen LogP contribution < -0.4 is 0 Å². The van der Waals surface area contributed by atoms with Gasteiger partial charge in [-0.1, -0.05) is 128 Å². The van der Waals surface area contributed by atoms with Crippen LogP contribution in [0, 0.1) is 0 Å². The van der Waals surface area contributed by atoms with E-state index in [1.807, 2.05) is 36.4 Å². The van der Waals surface area contributed by atoms with Crippen molar-refractivity contribution in [2.45, 2.75) is 32.5 Å². The molecule has 1 unspecified atom stereocenters. The minimum atomic E-state index is -0.614. The van der Waals surface area contributed by atoms with Crippen molar-refractivity contribution in [3.63, 3.8) is 0 Å². The van der Waals surface area contributed by atoms with Crippen molar-refractivity contribution in [2.24, 2.45) is 0 Å². The average Bonchev–Trinajstić information content (AvgIpc) is 3.04. The third kappa shape index (κ3) is 6.90. The molecule has 1 aliphatic rings. The van der Waals surface area contributed by atoms with Gasteiger partial charge in [0.2, 0.25) is 0 Å². The molecule has 0 spiro atoms.